The van der Waals surface area contributed by atoms with Crippen LogP contribution in [0.3, 0.4) is 0 Å². The van der Waals surface area contributed by atoms with Gasteiger partial charge in [-0.3, -0.25) is 4.79 Å². The number of rotatable bonds is 3. The molecule has 25 heavy (non-hydrogen) atoms. The minimum Gasteiger partial charge on any atom is -0.297 e. The maximum atomic E-state index is 11.5. The SMILES string of the molecule is O=Cc1cc2c(s1)-c1sccc1[Si]2(c1ccccc1)c1ccccc1. The third-order valence-corrected chi connectivity index (χ3v) is 12.3. The molecule has 0 atom stereocenters. The lowest BCUT2D eigenvalue weighted by Gasteiger charge is -2.29. The Bertz CT molecular complexity index is 1020. The van der Waals surface area contributed by atoms with Crippen LogP contribution in [0.5, 0.6) is 0 Å². The summed E-state index contributed by atoms with van der Waals surface area (Å²) in [6.07, 6.45) is 0.991. The lowest BCUT2D eigenvalue weighted by atomic mass is 10.4. The van der Waals surface area contributed by atoms with E-state index >= 15 is 0 Å². The van der Waals surface area contributed by atoms with Gasteiger partial charge < -0.3 is 0 Å². The molecule has 3 heterocycles. The first-order chi connectivity index (χ1) is 12.4. The zero-order chi connectivity index (χ0) is 16.9. The first kappa shape index (κ1) is 15.0. The van der Waals surface area contributed by atoms with Crippen LogP contribution in [0, 0.1) is 0 Å². The van der Waals surface area contributed by atoms with Crippen LogP contribution in [0.1, 0.15) is 9.67 Å². The van der Waals surface area contributed by atoms with E-state index in [1.165, 1.54) is 30.5 Å². The molecular weight excluding hydrogens is 360 g/mol. The van der Waals surface area contributed by atoms with Crippen LogP contribution in [0.25, 0.3) is 9.75 Å². The Morgan fingerprint density at radius 2 is 1.40 bits per heavy atom. The van der Waals surface area contributed by atoms with Crippen molar-refractivity contribution in [2.24, 2.45) is 0 Å². The third kappa shape index (κ3) is 1.96. The molecule has 0 aliphatic carbocycles. The van der Waals surface area contributed by atoms with E-state index in [1.807, 2.05) is 0 Å². The molecule has 0 fully saturated rings. The van der Waals surface area contributed by atoms with E-state index in [1.54, 1.807) is 22.7 Å². The fraction of sp³-hybridized carbons (Fsp3) is 0. The second-order valence-corrected chi connectivity index (χ2v) is 11.9. The monoisotopic (exact) mass is 374 g/mol. The molecule has 0 unspecified atom stereocenters. The highest BCUT2D eigenvalue weighted by Crippen LogP contribution is 2.37. The summed E-state index contributed by atoms with van der Waals surface area (Å²) < 4.78 is 0. The number of carbonyl (C=O) groups is 1. The Hall–Kier alpha value is -2.27. The third-order valence-electron chi connectivity index (χ3n) is 4.96. The topological polar surface area (TPSA) is 17.1 Å². The van der Waals surface area contributed by atoms with Crippen molar-refractivity contribution in [2.45, 2.75) is 0 Å². The second kappa shape index (κ2) is 5.63. The predicted octanol–water partition coefficient (Wildman–Crippen LogP) is 2.98. The van der Waals surface area contributed by atoms with E-state index in [0.29, 0.717) is 0 Å². The van der Waals surface area contributed by atoms with Crippen LogP contribution in [0.15, 0.2) is 78.2 Å². The molecule has 5 rings (SSSR count). The van der Waals surface area contributed by atoms with Gasteiger partial charge in [-0.2, -0.15) is 0 Å². The summed E-state index contributed by atoms with van der Waals surface area (Å²) in [5.74, 6) is 0. The number of aldehydes is 1. The summed E-state index contributed by atoms with van der Waals surface area (Å²) in [6, 6.07) is 26.1. The van der Waals surface area contributed by atoms with E-state index < -0.39 is 8.07 Å². The van der Waals surface area contributed by atoms with Gasteiger partial charge in [0, 0.05) is 9.75 Å². The molecule has 0 saturated heterocycles. The molecule has 0 amide bonds. The Labute approximate surface area is 155 Å². The van der Waals surface area contributed by atoms with Gasteiger partial charge in [0.2, 0.25) is 0 Å². The summed E-state index contributed by atoms with van der Waals surface area (Å²) in [4.78, 5) is 15.0. The van der Waals surface area contributed by atoms with Crippen molar-refractivity contribution in [3.8, 4) is 9.75 Å². The Morgan fingerprint density at radius 3 is 2.00 bits per heavy atom. The molecule has 4 heteroatoms. The summed E-state index contributed by atoms with van der Waals surface area (Å²) in [7, 11) is -2.31. The molecule has 0 bridgehead atoms. The first-order valence-electron chi connectivity index (χ1n) is 8.14. The molecule has 0 radical (unpaired) electrons. The van der Waals surface area contributed by atoms with Gasteiger partial charge in [0.05, 0.1) is 4.88 Å². The summed E-state index contributed by atoms with van der Waals surface area (Å²) in [5.41, 5.74) is 0. The van der Waals surface area contributed by atoms with Crippen molar-refractivity contribution < 1.29 is 4.79 Å². The lowest BCUT2D eigenvalue weighted by Crippen LogP contribution is -2.72. The fourth-order valence-electron chi connectivity index (χ4n) is 4.01. The van der Waals surface area contributed by atoms with Gasteiger partial charge in [-0.05, 0) is 32.2 Å². The zero-order valence-electron chi connectivity index (χ0n) is 13.3. The number of hydrogen-bond acceptors (Lipinski definition) is 3. The fourth-order valence-corrected chi connectivity index (χ4v) is 12.4. The smallest absolute Gasteiger partial charge is 0.182 e. The van der Waals surface area contributed by atoms with Gasteiger partial charge in [0.25, 0.3) is 0 Å². The van der Waals surface area contributed by atoms with Crippen molar-refractivity contribution in [3.05, 3.63) is 83.1 Å². The first-order valence-corrected chi connectivity index (χ1v) is 11.8. The van der Waals surface area contributed by atoms with Gasteiger partial charge >= 0.3 is 0 Å². The van der Waals surface area contributed by atoms with E-state index in [2.05, 4.69) is 78.2 Å². The van der Waals surface area contributed by atoms with Crippen LogP contribution in [-0.4, -0.2) is 14.4 Å². The minimum atomic E-state index is -2.31. The van der Waals surface area contributed by atoms with E-state index in [4.69, 9.17) is 0 Å². The van der Waals surface area contributed by atoms with Crippen LogP contribution in [0.4, 0.5) is 0 Å². The number of fused-ring (bicyclic) bond motifs is 3. The molecule has 2 aromatic heterocycles. The minimum absolute atomic E-state index is 0.827. The molecule has 1 aliphatic rings. The van der Waals surface area contributed by atoms with Crippen LogP contribution in [0.2, 0.25) is 0 Å². The molecule has 0 N–H and O–H groups in total. The van der Waals surface area contributed by atoms with Crippen molar-refractivity contribution >= 4 is 57.8 Å². The molecule has 1 nitrogen and oxygen atoms in total. The molecule has 1 aliphatic heterocycles. The molecular formula is C21H14OS2Si. The maximum absolute atomic E-state index is 11.5. The Kier molecular flexibility index (Phi) is 3.38. The van der Waals surface area contributed by atoms with Crippen molar-refractivity contribution in [1.82, 2.24) is 0 Å². The van der Waals surface area contributed by atoms with Gasteiger partial charge in [-0.25, -0.2) is 0 Å². The van der Waals surface area contributed by atoms with Crippen LogP contribution in [-0.2, 0) is 0 Å². The van der Waals surface area contributed by atoms with Crippen molar-refractivity contribution in [2.75, 3.05) is 0 Å². The highest BCUT2D eigenvalue weighted by molar-refractivity contribution is 7.33. The molecule has 0 spiro atoms. The summed E-state index contributed by atoms with van der Waals surface area (Å²) in [5, 5.41) is 7.80. The maximum Gasteiger partial charge on any atom is 0.182 e. The molecule has 0 saturated carbocycles. The highest BCUT2D eigenvalue weighted by atomic mass is 32.1. The van der Waals surface area contributed by atoms with Gasteiger partial charge in [0.1, 0.15) is 0 Å². The number of benzene rings is 2. The van der Waals surface area contributed by atoms with E-state index in [0.717, 1.165) is 11.2 Å². The number of hydrogen-bond donors (Lipinski definition) is 0. The van der Waals surface area contributed by atoms with Crippen molar-refractivity contribution in [1.29, 1.82) is 0 Å². The van der Waals surface area contributed by atoms with Crippen LogP contribution >= 0.6 is 22.7 Å². The Balaban J connectivity index is 1.95. The van der Waals surface area contributed by atoms with Gasteiger partial charge in [0.15, 0.2) is 14.4 Å². The highest BCUT2D eigenvalue weighted by Gasteiger charge is 2.50. The molecule has 120 valence electrons. The van der Waals surface area contributed by atoms with Gasteiger partial charge in [-0.1, -0.05) is 66.7 Å². The van der Waals surface area contributed by atoms with Crippen molar-refractivity contribution in [3.63, 3.8) is 0 Å². The van der Waals surface area contributed by atoms with E-state index in [9.17, 15) is 4.79 Å². The quantitative estimate of drug-likeness (QED) is 0.350. The average Bonchev–Trinajstić information content (AvgIpc) is 3.35. The average molecular weight is 375 g/mol. The lowest BCUT2D eigenvalue weighted by molar-refractivity contribution is 0.112. The normalized spacial score (nSPS) is 14.1. The van der Waals surface area contributed by atoms with Gasteiger partial charge in [-0.15, -0.1) is 22.7 Å². The molecule has 2 aromatic carbocycles. The van der Waals surface area contributed by atoms with Crippen LogP contribution < -0.4 is 20.7 Å². The molecule has 4 aromatic rings. The number of thiophene rings is 2. The van der Waals surface area contributed by atoms with E-state index in [-0.39, 0.29) is 0 Å². The largest absolute Gasteiger partial charge is 0.297 e. The summed E-state index contributed by atoms with van der Waals surface area (Å²) >= 11 is 3.44. The standard InChI is InChI=1S/C21H14OS2Si/c22-14-15-13-19-21(24-15)20-18(11-12-23-20)25(19,16-7-3-1-4-8-16)17-9-5-2-6-10-17/h1-14H. The number of carbonyl (C=O) groups excluding carboxylic acids is 1. The summed E-state index contributed by atoms with van der Waals surface area (Å²) in [6.45, 7) is 0. The second-order valence-electron chi connectivity index (χ2n) is 6.15. The zero-order valence-corrected chi connectivity index (χ0v) is 15.9. The predicted molar refractivity (Wildman–Crippen MR) is 110 cm³/mol. The Morgan fingerprint density at radius 1 is 0.760 bits per heavy atom.